The lowest BCUT2D eigenvalue weighted by atomic mass is 10.1. The summed E-state index contributed by atoms with van der Waals surface area (Å²) in [6.07, 6.45) is 0.186. The number of benzene rings is 1. The van der Waals surface area contributed by atoms with E-state index in [1.807, 2.05) is 0 Å². The highest BCUT2D eigenvalue weighted by Gasteiger charge is 2.16. The summed E-state index contributed by atoms with van der Waals surface area (Å²) in [6, 6.07) is 4.03. The predicted octanol–water partition coefficient (Wildman–Crippen LogP) is 2.80. The molecule has 2 nitrogen and oxygen atoms in total. The van der Waals surface area contributed by atoms with Gasteiger partial charge in [-0.05, 0) is 30.2 Å². The minimum Gasteiger partial charge on any atom is -0.468 e. The standard InChI is InChI=1S/C10H9Cl2FO2/c1-15-10(14)9(12)4-6-2-7(11)5-8(13)3-6/h2-3,5,9H,4H2,1H3. The van der Waals surface area contributed by atoms with Crippen LogP contribution >= 0.6 is 23.2 Å². The van der Waals surface area contributed by atoms with E-state index in [9.17, 15) is 9.18 Å². The minimum absolute atomic E-state index is 0.186. The van der Waals surface area contributed by atoms with Crippen LogP contribution in [0.25, 0.3) is 0 Å². The van der Waals surface area contributed by atoms with Gasteiger partial charge in [-0.15, -0.1) is 11.6 Å². The van der Waals surface area contributed by atoms with Crippen LogP contribution in [0.4, 0.5) is 4.39 Å². The fourth-order valence-electron chi connectivity index (χ4n) is 1.15. The number of methoxy groups -OCH3 is 1. The molecule has 0 saturated heterocycles. The summed E-state index contributed by atoms with van der Waals surface area (Å²) in [5.74, 6) is -0.997. The minimum atomic E-state index is -0.826. The molecule has 15 heavy (non-hydrogen) atoms. The first-order chi connectivity index (χ1) is 7.02. The second-order valence-corrected chi connectivity index (χ2v) is 3.94. The van der Waals surface area contributed by atoms with E-state index >= 15 is 0 Å². The van der Waals surface area contributed by atoms with E-state index in [0.717, 1.165) is 0 Å². The molecule has 0 saturated carbocycles. The highest BCUT2D eigenvalue weighted by atomic mass is 35.5. The van der Waals surface area contributed by atoms with Gasteiger partial charge in [-0.1, -0.05) is 11.6 Å². The van der Waals surface area contributed by atoms with Crippen LogP contribution in [0.3, 0.4) is 0 Å². The van der Waals surface area contributed by atoms with Gasteiger partial charge in [-0.25, -0.2) is 4.39 Å². The average Bonchev–Trinajstić information content (AvgIpc) is 2.14. The van der Waals surface area contributed by atoms with Crippen molar-refractivity contribution < 1.29 is 13.9 Å². The van der Waals surface area contributed by atoms with Crippen LogP contribution < -0.4 is 0 Å². The van der Waals surface area contributed by atoms with E-state index < -0.39 is 17.2 Å². The fourth-order valence-corrected chi connectivity index (χ4v) is 1.66. The molecule has 1 aromatic rings. The molecule has 1 unspecified atom stereocenters. The Labute approximate surface area is 96.9 Å². The lowest BCUT2D eigenvalue weighted by Gasteiger charge is -2.07. The van der Waals surface area contributed by atoms with Crippen LogP contribution in [0.15, 0.2) is 18.2 Å². The number of carbonyl (C=O) groups is 1. The second-order valence-electron chi connectivity index (χ2n) is 2.97. The molecule has 0 bridgehead atoms. The Morgan fingerprint density at radius 1 is 1.53 bits per heavy atom. The zero-order valence-corrected chi connectivity index (χ0v) is 9.48. The largest absolute Gasteiger partial charge is 0.468 e. The van der Waals surface area contributed by atoms with Crippen molar-refractivity contribution in [2.45, 2.75) is 11.8 Å². The SMILES string of the molecule is COC(=O)C(Cl)Cc1cc(F)cc(Cl)c1. The van der Waals surface area contributed by atoms with E-state index in [-0.39, 0.29) is 11.4 Å². The molecule has 0 heterocycles. The van der Waals surface area contributed by atoms with E-state index in [4.69, 9.17) is 23.2 Å². The topological polar surface area (TPSA) is 26.3 Å². The average molecular weight is 251 g/mol. The Morgan fingerprint density at radius 3 is 2.73 bits per heavy atom. The van der Waals surface area contributed by atoms with Crippen LogP contribution in [0, 0.1) is 5.82 Å². The third-order valence-electron chi connectivity index (χ3n) is 1.79. The molecule has 0 aliphatic heterocycles. The van der Waals surface area contributed by atoms with Crippen LogP contribution in [-0.4, -0.2) is 18.5 Å². The highest BCUT2D eigenvalue weighted by molar-refractivity contribution is 6.31. The third kappa shape index (κ3) is 3.68. The molecule has 0 aliphatic rings. The number of ether oxygens (including phenoxy) is 1. The molecule has 0 fully saturated rings. The Hall–Kier alpha value is -0.800. The summed E-state index contributed by atoms with van der Waals surface area (Å²) in [5, 5.41) is -0.549. The third-order valence-corrected chi connectivity index (χ3v) is 2.34. The van der Waals surface area contributed by atoms with Crippen LogP contribution in [0.1, 0.15) is 5.56 Å². The van der Waals surface area contributed by atoms with Gasteiger partial charge in [-0.3, -0.25) is 4.79 Å². The number of rotatable bonds is 3. The first kappa shape index (κ1) is 12.3. The molecule has 0 aliphatic carbocycles. The van der Waals surface area contributed by atoms with Gasteiger partial charge in [0.15, 0.2) is 0 Å². The molecular weight excluding hydrogens is 242 g/mol. The summed E-state index contributed by atoms with van der Waals surface area (Å²) < 4.78 is 17.4. The van der Waals surface area contributed by atoms with Crippen molar-refractivity contribution in [3.8, 4) is 0 Å². The Morgan fingerprint density at radius 2 is 2.20 bits per heavy atom. The van der Waals surface area contributed by atoms with E-state index in [1.165, 1.54) is 19.2 Å². The van der Waals surface area contributed by atoms with Crippen molar-refractivity contribution in [2.24, 2.45) is 0 Å². The number of hydrogen-bond acceptors (Lipinski definition) is 2. The van der Waals surface area contributed by atoms with Gasteiger partial charge in [0, 0.05) is 5.02 Å². The van der Waals surface area contributed by atoms with Gasteiger partial charge >= 0.3 is 5.97 Å². The lowest BCUT2D eigenvalue weighted by molar-refractivity contribution is -0.140. The van der Waals surface area contributed by atoms with Crippen molar-refractivity contribution in [1.82, 2.24) is 0 Å². The summed E-state index contributed by atoms with van der Waals surface area (Å²) >= 11 is 11.4. The fraction of sp³-hybridized carbons (Fsp3) is 0.300. The van der Waals surface area contributed by atoms with Crippen molar-refractivity contribution in [1.29, 1.82) is 0 Å². The van der Waals surface area contributed by atoms with Crippen LogP contribution in [0.5, 0.6) is 0 Å². The van der Waals surface area contributed by atoms with Gasteiger partial charge in [0.1, 0.15) is 11.2 Å². The van der Waals surface area contributed by atoms with Gasteiger partial charge in [0.2, 0.25) is 0 Å². The van der Waals surface area contributed by atoms with Gasteiger partial charge in [-0.2, -0.15) is 0 Å². The normalized spacial score (nSPS) is 12.3. The number of halogens is 3. The number of carbonyl (C=O) groups excluding carboxylic acids is 1. The van der Waals surface area contributed by atoms with Gasteiger partial charge in [0.05, 0.1) is 7.11 Å². The maximum absolute atomic E-state index is 12.9. The first-order valence-electron chi connectivity index (χ1n) is 4.20. The van der Waals surface area contributed by atoms with Crippen LogP contribution in [-0.2, 0) is 16.0 Å². The number of hydrogen-bond donors (Lipinski definition) is 0. The summed E-state index contributed by atoms with van der Waals surface area (Å²) in [5.41, 5.74) is 0.561. The maximum atomic E-state index is 12.9. The molecule has 0 radical (unpaired) electrons. The van der Waals surface area contributed by atoms with Crippen molar-refractivity contribution >= 4 is 29.2 Å². The Balaban J connectivity index is 2.76. The molecular formula is C10H9Cl2FO2. The zero-order chi connectivity index (χ0) is 11.4. The molecule has 0 spiro atoms. The van der Waals surface area contributed by atoms with Gasteiger partial charge in [0.25, 0.3) is 0 Å². The van der Waals surface area contributed by atoms with E-state index in [2.05, 4.69) is 4.74 Å². The highest BCUT2D eigenvalue weighted by Crippen LogP contribution is 2.17. The molecule has 0 amide bonds. The molecule has 0 N–H and O–H groups in total. The van der Waals surface area contributed by atoms with Crippen molar-refractivity contribution in [2.75, 3.05) is 7.11 Å². The number of esters is 1. The summed E-state index contributed by atoms with van der Waals surface area (Å²) in [7, 11) is 1.25. The van der Waals surface area contributed by atoms with E-state index in [0.29, 0.717) is 5.56 Å². The zero-order valence-electron chi connectivity index (χ0n) is 7.97. The predicted molar refractivity (Wildman–Crippen MR) is 56.8 cm³/mol. The quantitative estimate of drug-likeness (QED) is 0.609. The molecule has 1 rings (SSSR count). The Bertz CT molecular complexity index is 348. The molecule has 1 atom stereocenters. The van der Waals surface area contributed by atoms with Crippen molar-refractivity contribution in [3.05, 3.63) is 34.6 Å². The first-order valence-corrected chi connectivity index (χ1v) is 5.01. The summed E-state index contributed by atoms with van der Waals surface area (Å²) in [4.78, 5) is 11.0. The molecule has 1 aromatic carbocycles. The molecule has 5 heteroatoms. The van der Waals surface area contributed by atoms with E-state index in [1.54, 1.807) is 6.07 Å². The van der Waals surface area contributed by atoms with Gasteiger partial charge < -0.3 is 4.74 Å². The molecule has 0 aromatic heterocycles. The number of alkyl halides is 1. The molecule has 82 valence electrons. The second kappa shape index (κ2) is 5.33. The van der Waals surface area contributed by atoms with Crippen molar-refractivity contribution in [3.63, 3.8) is 0 Å². The lowest BCUT2D eigenvalue weighted by Crippen LogP contribution is -2.18. The van der Waals surface area contributed by atoms with Crippen LogP contribution in [0.2, 0.25) is 5.02 Å². The summed E-state index contributed by atoms with van der Waals surface area (Å²) in [6.45, 7) is 0. The Kier molecular flexibility index (Phi) is 4.36. The smallest absolute Gasteiger partial charge is 0.324 e. The monoisotopic (exact) mass is 250 g/mol. The maximum Gasteiger partial charge on any atom is 0.324 e.